The molecule has 1 fully saturated rings. The number of amides is 1. The van der Waals surface area contributed by atoms with Gasteiger partial charge in [0.25, 0.3) is 5.91 Å². The van der Waals surface area contributed by atoms with Crippen molar-refractivity contribution in [3.05, 3.63) is 35.9 Å². The summed E-state index contributed by atoms with van der Waals surface area (Å²) in [4.78, 5) is 12.2. The molecule has 2 rings (SSSR count). The van der Waals surface area contributed by atoms with Crippen molar-refractivity contribution in [2.75, 3.05) is 13.1 Å². The van der Waals surface area contributed by atoms with E-state index in [9.17, 15) is 9.90 Å². The van der Waals surface area contributed by atoms with Crippen LogP contribution in [-0.4, -0.2) is 39.5 Å². The molecule has 0 unspecified atom stereocenters. The molecule has 0 aromatic heterocycles. The normalized spacial score (nSPS) is 19.2. The molecule has 0 saturated carbocycles. The summed E-state index contributed by atoms with van der Waals surface area (Å²) in [5.74, 6) is -0.314. The third kappa shape index (κ3) is 4.46. The highest BCUT2D eigenvalue weighted by molar-refractivity contribution is 7.77. The molecule has 1 aliphatic rings. The first-order valence-corrected chi connectivity index (χ1v) is 7.74. The first-order chi connectivity index (χ1) is 9.81. The lowest BCUT2D eigenvalue weighted by molar-refractivity contribution is -0.139. The number of rotatable bonds is 4. The lowest BCUT2D eigenvalue weighted by Gasteiger charge is -2.42. The lowest BCUT2D eigenvalue weighted by atomic mass is 9.81. The van der Waals surface area contributed by atoms with Gasteiger partial charge < -0.3 is 10.4 Å². The number of benzene rings is 1. The van der Waals surface area contributed by atoms with Crippen molar-refractivity contribution >= 4 is 18.7 Å². The van der Waals surface area contributed by atoms with E-state index in [-0.39, 0.29) is 11.4 Å². The second-order valence-electron chi connectivity index (χ2n) is 6.41. The van der Waals surface area contributed by atoms with Crippen molar-refractivity contribution in [2.45, 2.75) is 44.2 Å². The monoisotopic (exact) mass is 308 g/mol. The van der Waals surface area contributed by atoms with E-state index in [4.69, 9.17) is 0 Å². The summed E-state index contributed by atoms with van der Waals surface area (Å²) in [6.45, 7) is 4.68. The molecule has 1 aliphatic heterocycles. The number of nitrogens with one attached hydrogen (secondary N) is 1. The Kier molecular flexibility index (Phi) is 4.96. The van der Waals surface area contributed by atoms with Gasteiger partial charge in [0.1, 0.15) is 5.60 Å². The van der Waals surface area contributed by atoms with Gasteiger partial charge >= 0.3 is 0 Å². The average Bonchev–Trinajstić information content (AvgIpc) is 2.42. The van der Waals surface area contributed by atoms with Gasteiger partial charge in [-0.2, -0.15) is 0 Å². The molecule has 0 radical (unpaired) electrons. The SMILES string of the molecule is CC(C)(O)C(=O)NC1(Cc2ccccc2)CCN(S)CC1. The molecule has 1 aromatic carbocycles. The molecule has 0 bridgehead atoms. The Morgan fingerprint density at radius 1 is 1.33 bits per heavy atom. The predicted octanol–water partition coefficient (Wildman–Crippen LogP) is 1.80. The Morgan fingerprint density at radius 3 is 2.43 bits per heavy atom. The van der Waals surface area contributed by atoms with E-state index in [0.29, 0.717) is 0 Å². The summed E-state index contributed by atoms with van der Waals surface area (Å²) < 4.78 is 1.97. The van der Waals surface area contributed by atoms with Gasteiger partial charge in [-0.05, 0) is 38.7 Å². The van der Waals surface area contributed by atoms with Gasteiger partial charge in [-0.25, -0.2) is 0 Å². The van der Waals surface area contributed by atoms with E-state index in [1.54, 1.807) is 0 Å². The standard InChI is InChI=1S/C16H24N2O2S/c1-15(2,20)14(19)17-16(8-10-18(21)11-9-16)12-13-6-4-3-5-7-13/h3-7,20-21H,8-12H2,1-2H3,(H,17,19). The molecule has 1 aromatic rings. The van der Waals surface area contributed by atoms with E-state index < -0.39 is 5.60 Å². The minimum atomic E-state index is -1.36. The van der Waals surface area contributed by atoms with Crippen molar-refractivity contribution in [1.82, 2.24) is 9.62 Å². The molecule has 0 atom stereocenters. The number of piperidine rings is 1. The Bertz CT molecular complexity index is 477. The molecule has 1 saturated heterocycles. The molecular formula is C16H24N2O2S. The Balaban J connectivity index is 2.17. The minimum absolute atomic E-state index is 0.308. The van der Waals surface area contributed by atoms with Crippen molar-refractivity contribution in [1.29, 1.82) is 0 Å². The molecule has 21 heavy (non-hydrogen) atoms. The van der Waals surface area contributed by atoms with Crippen molar-refractivity contribution in [2.24, 2.45) is 0 Å². The van der Waals surface area contributed by atoms with Crippen LogP contribution >= 0.6 is 12.8 Å². The van der Waals surface area contributed by atoms with Crippen LogP contribution in [0.2, 0.25) is 0 Å². The van der Waals surface area contributed by atoms with Crippen LogP contribution in [0.25, 0.3) is 0 Å². The summed E-state index contributed by atoms with van der Waals surface area (Å²) >= 11 is 4.38. The first kappa shape index (κ1) is 16.3. The zero-order chi connectivity index (χ0) is 15.5. The van der Waals surface area contributed by atoms with Crippen LogP contribution in [0.1, 0.15) is 32.3 Å². The fourth-order valence-corrected chi connectivity index (χ4v) is 2.85. The van der Waals surface area contributed by atoms with E-state index in [1.807, 2.05) is 22.5 Å². The molecule has 0 spiro atoms. The highest BCUT2D eigenvalue weighted by Gasteiger charge is 2.38. The molecule has 0 aliphatic carbocycles. The van der Waals surface area contributed by atoms with Gasteiger partial charge in [-0.15, -0.1) is 0 Å². The Hall–Kier alpha value is -1.04. The quantitative estimate of drug-likeness (QED) is 0.744. The summed E-state index contributed by atoms with van der Waals surface area (Å²) in [6, 6.07) is 10.2. The van der Waals surface area contributed by atoms with Gasteiger partial charge in [0.2, 0.25) is 0 Å². The van der Waals surface area contributed by atoms with E-state index in [0.717, 1.165) is 32.4 Å². The summed E-state index contributed by atoms with van der Waals surface area (Å²) in [5, 5.41) is 13.0. The van der Waals surface area contributed by atoms with Crippen LogP contribution in [0.4, 0.5) is 0 Å². The average molecular weight is 308 g/mol. The fraction of sp³-hybridized carbons (Fsp3) is 0.562. The van der Waals surface area contributed by atoms with Crippen molar-refractivity contribution < 1.29 is 9.90 Å². The predicted molar refractivity (Wildman–Crippen MR) is 87.1 cm³/mol. The third-order valence-corrected chi connectivity index (χ3v) is 4.42. The van der Waals surface area contributed by atoms with Crippen LogP contribution in [0.15, 0.2) is 30.3 Å². The molecule has 1 heterocycles. The smallest absolute Gasteiger partial charge is 0.251 e. The van der Waals surface area contributed by atoms with Crippen LogP contribution in [0.5, 0.6) is 0 Å². The van der Waals surface area contributed by atoms with Gasteiger partial charge in [0.15, 0.2) is 0 Å². The fourth-order valence-electron chi connectivity index (χ4n) is 2.65. The zero-order valence-corrected chi connectivity index (χ0v) is 13.6. The summed E-state index contributed by atoms with van der Waals surface area (Å²) in [5.41, 5.74) is -0.472. The second-order valence-corrected chi connectivity index (χ2v) is 6.98. The molecule has 2 N–H and O–H groups in total. The largest absolute Gasteiger partial charge is 0.381 e. The number of aliphatic hydroxyl groups is 1. The number of carbonyl (C=O) groups is 1. The van der Waals surface area contributed by atoms with Gasteiger partial charge in [-0.1, -0.05) is 43.1 Å². The maximum atomic E-state index is 12.2. The highest BCUT2D eigenvalue weighted by Crippen LogP contribution is 2.28. The van der Waals surface area contributed by atoms with Crippen molar-refractivity contribution in [3.8, 4) is 0 Å². The summed E-state index contributed by atoms with van der Waals surface area (Å²) in [7, 11) is 0. The van der Waals surface area contributed by atoms with Crippen LogP contribution in [0, 0.1) is 0 Å². The number of carbonyl (C=O) groups excluding carboxylic acids is 1. The molecule has 4 nitrogen and oxygen atoms in total. The molecule has 5 heteroatoms. The van der Waals surface area contributed by atoms with Crippen LogP contribution in [0.3, 0.4) is 0 Å². The topological polar surface area (TPSA) is 52.6 Å². The maximum absolute atomic E-state index is 12.2. The molecular weight excluding hydrogens is 284 g/mol. The number of hydrogen-bond acceptors (Lipinski definition) is 4. The Labute approximate surface area is 132 Å². The molecule has 1 amide bonds. The third-order valence-electron chi connectivity index (χ3n) is 4.02. The maximum Gasteiger partial charge on any atom is 0.251 e. The lowest BCUT2D eigenvalue weighted by Crippen LogP contribution is -2.59. The van der Waals surface area contributed by atoms with Gasteiger partial charge in [0.05, 0.1) is 0 Å². The van der Waals surface area contributed by atoms with Crippen molar-refractivity contribution in [3.63, 3.8) is 0 Å². The molecule has 116 valence electrons. The number of nitrogens with zero attached hydrogens (tertiary/aromatic N) is 1. The summed E-state index contributed by atoms with van der Waals surface area (Å²) in [6.07, 6.45) is 2.43. The minimum Gasteiger partial charge on any atom is -0.381 e. The highest BCUT2D eigenvalue weighted by atomic mass is 32.1. The van der Waals surface area contributed by atoms with E-state index in [2.05, 4.69) is 30.3 Å². The van der Waals surface area contributed by atoms with E-state index >= 15 is 0 Å². The van der Waals surface area contributed by atoms with E-state index in [1.165, 1.54) is 19.4 Å². The van der Waals surface area contributed by atoms with Crippen LogP contribution in [-0.2, 0) is 11.2 Å². The number of hydrogen-bond donors (Lipinski definition) is 3. The number of thiol groups is 1. The first-order valence-electron chi connectivity index (χ1n) is 7.34. The Morgan fingerprint density at radius 2 is 1.90 bits per heavy atom. The zero-order valence-electron chi connectivity index (χ0n) is 12.7. The van der Waals surface area contributed by atoms with Crippen LogP contribution < -0.4 is 5.32 Å². The van der Waals surface area contributed by atoms with Gasteiger partial charge in [0, 0.05) is 18.6 Å². The van der Waals surface area contributed by atoms with Gasteiger partial charge in [-0.3, -0.25) is 9.10 Å². The second kappa shape index (κ2) is 6.38.